The number of nitrogens with one attached hydrogen (secondary N) is 1. The molecule has 1 N–H and O–H groups in total. The second-order valence-electron chi connectivity index (χ2n) is 7.33. The first-order chi connectivity index (χ1) is 13.2. The van der Waals surface area contributed by atoms with E-state index in [-0.39, 0.29) is 30.5 Å². The molecule has 2 unspecified atom stereocenters. The Kier molecular flexibility index (Phi) is 7.52. The first-order valence-electron chi connectivity index (χ1n) is 9.31. The molecule has 4 nitrogen and oxygen atoms in total. The fraction of sp³-hybridized carbons (Fsp3) is 0.409. The summed E-state index contributed by atoms with van der Waals surface area (Å²) in [6.07, 6.45) is 0. The molecule has 0 saturated carbocycles. The molecular weight excluding hydrogens is 362 g/mol. The van der Waals surface area contributed by atoms with Crippen molar-refractivity contribution in [3.63, 3.8) is 0 Å². The van der Waals surface area contributed by atoms with Crippen molar-refractivity contribution < 1.29 is 18.3 Å². The highest BCUT2D eigenvalue weighted by Gasteiger charge is 2.21. The normalized spacial score (nSPS) is 13.5. The Hall–Kier alpha value is -2.47. The van der Waals surface area contributed by atoms with E-state index in [2.05, 4.69) is 5.32 Å². The molecule has 0 aliphatic rings. The third-order valence-corrected chi connectivity index (χ3v) is 4.94. The van der Waals surface area contributed by atoms with E-state index < -0.39 is 11.6 Å². The summed E-state index contributed by atoms with van der Waals surface area (Å²) in [7, 11) is 3.39. The Morgan fingerprint density at radius 2 is 1.64 bits per heavy atom. The van der Waals surface area contributed by atoms with E-state index in [0.717, 1.165) is 17.4 Å². The number of carbonyl (C=O) groups excluding carboxylic acids is 1. The van der Waals surface area contributed by atoms with E-state index in [1.165, 1.54) is 12.1 Å². The van der Waals surface area contributed by atoms with Gasteiger partial charge in [-0.2, -0.15) is 0 Å². The topological polar surface area (TPSA) is 41.6 Å². The lowest BCUT2D eigenvalue weighted by atomic mass is 9.96. The molecule has 0 aromatic heterocycles. The van der Waals surface area contributed by atoms with Gasteiger partial charge >= 0.3 is 0 Å². The standard InChI is InChI=1S/C22H28F2N2O2/c1-14(2)22(16-6-9-18(28-5)10-7-16)25-21(27)13-26(4)15(3)17-8-11-19(23)20(24)12-17/h6-12,14-15,22H,13H2,1-5H3,(H,25,27). The summed E-state index contributed by atoms with van der Waals surface area (Å²) < 4.78 is 31.8. The zero-order valence-corrected chi connectivity index (χ0v) is 17.0. The molecule has 2 aromatic carbocycles. The number of hydrogen-bond donors (Lipinski definition) is 1. The smallest absolute Gasteiger partial charge is 0.234 e. The van der Waals surface area contributed by atoms with Crippen molar-refractivity contribution in [3.8, 4) is 5.75 Å². The minimum atomic E-state index is -0.887. The van der Waals surface area contributed by atoms with Crippen molar-refractivity contribution >= 4 is 5.91 Å². The van der Waals surface area contributed by atoms with E-state index >= 15 is 0 Å². The highest BCUT2D eigenvalue weighted by atomic mass is 19.2. The summed E-state index contributed by atoms with van der Waals surface area (Å²) in [6.45, 7) is 6.08. The molecule has 1 amide bonds. The number of halogens is 2. The number of benzene rings is 2. The van der Waals surface area contributed by atoms with Gasteiger partial charge in [-0.25, -0.2) is 8.78 Å². The van der Waals surface area contributed by atoms with Crippen LogP contribution >= 0.6 is 0 Å². The van der Waals surface area contributed by atoms with Crippen LogP contribution in [0, 0.1) is 17.6 Å². The van der Waals surface area contributed by atoms with E-state index in [0.29, 0.717) is 5.56 Å². The average Bonchev–Trinajstić information content (AvgIpc) is 2.67. The minimum absolute atomic E-state index is 0.133. The van der Waals surface area contributed by atoms with Crippen LogP contribution in [0.5, 0.6) is 5.75 Å². The molecule has 0 aliphatic heterocycles. The summed E-state index contributed by atoms with van der Waals surface area (Å²) >= 11 is 0. The van der Waals surface area contributed by atoms with Crippen LogP contribution in [-0.4, -0.2) is 31.5 Å². The Bertz CT molecular complexity index is 794. The van der Waals surface area contributed by atoms with Gasteiger partial charge in [0.1, 0.15) is 5.75 Å². The van der Waals surface area contributed by atoms with Crippen LogP contribution in [0.3, 0.4) is 0 Å². The number of nitrogens with zero attached hydrogens (tertiary/aromatic N) is 1. The summed E-state index contributed by atoms with van der Waals surface area (Å²) in [5, 5.41) is 3.07. The monoisotopic (exact) mass is 390 g/mol. The maximum Gasteiger partial charge on any atom is 0.234 e. The molecule has 2 aromatic rings. The Labute approximate surface area is 165 Å². The fourth-order valence-corrected chi connectivity index (χ4v) is 3.06. The number of hydrogen-bond acceptors (Lipinski definition) is 3. The van der Waals surface area contributed by atoms with E-state index in [9.17, 15) is 13.6 Å². The van der Waals surface area contributed by atoms with Crippen LogP contribution < -0.4 is 10.1 Å². The molecule has 6 heteroatoms. The van der Waals surface area contributed by atoms with E-state index in [1.807, 2.05) is 45.0 Å². The largest absolute Gasteiger partial charge is 0.497 e. The van der Waals surface area contributed by atoms with Crippen LogP contribution in [0.4, 0.5) is 8.78 Å². The van der Waals surface area contributed by atoms with Gasteiger partial charge in [-0.05, 0) is 55.3 Å². The number of rotatable bonds is 8. The van der Waals surface area contributed by atoms with Crippen LogP contribution in [0.25, 0.3) is 0 Å². The van der Waals surface area contributed by atoms with Crippen molar-refractivity contribution in [2.24, 2.45) is 5.92 Å². The zero-order chi connectivity index (χ0) is 20.8. The number of likely N-dealkylation sites (N-methyl/N-ethyl adjacent to an activating group) is 1. The lowest BCUT2D eigenvalue weighted by Crippen LogP contribution is -2.39. The molecule has 0 heterocycles. The van der Waals surface area contributed by atoms with Crippen LogP contribution in [0.1, 0.15) is 44.0 Å². The van der Waals surface area contributed by atoms with Crippen LogP contribution in [-0.2, 0) is 4.79 Å². The lowest BCUT2D eigenvalue weighted by molar-refractivity contribution is -0.123. The van der Waals surface area contributed by atoms with Crippen LogP contribution in [0.2, 0.25) is 0 Å². The van der Waals surface area contributed by atoms with Crippen molar-refractivity contribution in [1.82, 2.24) is 10.2 Å². The van der Waals surface area contributed by atoms with Gasteiger partial charge in [0.2, 0.25) is 5.91 Å². The first-order valence-corrected chi connectivity index (χ1v) is 9.31. The van der Waals surface area contributed by atoms with Gasteiger partial charge in [-0.15, -0.1) is 0 Å². The molecule has 0 spiro atoms. The molecular formula is C22H28F2N2O2. The average molecular weight is 390 g/mol. The third-order valence-electron chi connectivity index (χ3n) is 4.94. The Morgan fingerprint density at radius 3 is 2.18 bits per heavy atom. The lowest BCUT2D eigenvalue weighted by Gasteiger charge is -2.27. The first kappa shape index (κ1) is 21.8. The molecule has 2 rings (SSSR count). The van der Waals surface area contributed by atoms with Gasteiger partial charge in [-0.3, -0.25) is 9.69 Å². The molecule has 0 fully saturated rings. The second kappa shape index (κ2) is 9.64. The molecule has 152 valence electrons. The molecule has 28 heavy (non-hydrogen) atoms. The number of methoxy groups -OCH3 is 1. The predicted octanol–water partition coefficient (Wildman–Crippen LogP) is 4.48. The predicted molar refractivity (Wildman–Crippen MR) is 106 cm³/mol. The summed E-state index contributed by atoms with van der Waals surface area (Å²) in [6, 6.07) is 11.1. The molecule has 0 radical (unpaired) electrons. The van der Waals surface area contributed by atoms with Gasteiger partial charge in [-0.1, -0.05) is 32.0 Å². The van der Waals surface area contributed by atoms with Gasteiger partial charge in [0.05, 0.1) is 19.7 Å². The number of ether oxygens (including phenoxy) is 1. The van der Waals surface area contributed by atoms with Crippen molar-refractivity contribution in [3.05, 3.63) is 65.2 Å². The number of amides is 1. The summed E-state index contributed by atoms with van der Waals surface area (Å²) in [5.41, 5.74) is 1.62. The zero-order valence-electron chi connectivity index (χ0n) is 17.0. The van der Waals surface area contributed by atoms with Crippen molar-refractivity contribution in [2.75, 3.05) is 20.7 Å². The van der Waals surface area contributed by atoms with Crippen molar-refractivity contribution in [2.45, 2.75) is 32.9 Å². The Balaban J connectivity index is 2.03. The van der Waals surface area contributed by atoms with Crippen LogP contribution in [0.15, 0.2) is 42.5 Å². The molecule has 2 atom stereocenters. The van der Waals surface area contributed by atoms with Gasteiger partial charge in [0.15, 0.2) is 11.6 Å². The maximum absolute atomic E-state index is 13.5. The highest BCUT2D eigenvalue weighted by Crippen LogP contribution is 2.24. The van der Waals surface area contributed by atoms with Gasteiger partial charge in [0, 0.05) is 6.04 Å². The highest BCUT2D eigenvalue weighted by molar-refractivity contribution is 5.78. The maximum atomic E-state index is 13.5. The van der Waals surface area contributed by atoms with E-state index in [4.69, 9.17) is 4.74 Å². The van der Waals surface area contributed by atoms with E-state index in [1.54, 1.807) is 19.1 Å². The Morgan fingerprint density at radius 1 is 1.04 bits per heavy atom. The van der Waals surface area contributed by atoms with Gasteiger partial charge < -0.3 is 10.1 Å². The summed E-state index contributed by atoms with van der Waals surface area (Å²) in [5.74, 6) is -0.937. The molecule has 0 bridgehead atoms. The second-order valence-corrected chi connectivity index (χ2v) is 7.33. The van der Waals surface area contributed by atoms with Gasteiger partial charge in [0.25, 0.3) is 0 Å². The SMILES string of the molecule is COc1ccc(C(NC(=O)CN(C)C(C)c2ccc(F)c(F)c2)C(C)C)cc1. The molecule has 0 saturated heterocycles. The summed E-state index contributed by atoms with van der Waals surface area (Å²) in [4.78, 5) is 14.4. The molecule has 0 aliphatic carbocycles. The third kappa shape index (κ3) is 5.52. The van der Waals surface area contributed by atoms with Crippen molar-refractivity contribution in [1.29, 1.82) is 0 Å². The minimum Gasteiger partial charge on any atom is -0.497 e. The quantitative estimate of drug-likeness (QED) is 0.723. The fourth-order valence-electron chi connectivity index (χ4n) is 3.06. The number of carbonyl (C=O) groups is 1.